The molecule has 4 nitrogen and oxygen atoms in total. The largest absolute Gasteiger partial charge is 0.381 e. The van der Waals surface area contributed by atoms with Crippen molar-refractivity contribution in [2.45, 2.75) is 25.7 Å². The number of H-pyrrole nitrogens is 1. The second kappa shape index (κ2) is 3.87. The number of hydrogen-bond donors (Lipinski definition) is 1. The SMILES string of the molecule is Cc1ccc2[nH]c(C3CCCOC3)nc2n1. The Morgan fingerprint density at radius 1 is 1.38 bits per heavy atom. The first kappa shape index (κ1) is 9.78. The van der Waals surface area contributed by atoms with E-state index in [2.05, 4.69) is 15.0 Å². The Kier molecular flexibility index (Phi) is 2.36. The summed E-state index contributed by atoms with van der Waals surface area (Å²) in [5.41, 5.74) is 2.84. The summed E-state index contributed by atoms with van der Waals surface area (Å²) in [6.07, 6.45) is 2.27. The normalized spacial score (nSPS) is 21.4. The zero-order valence-corrected chi connectivity index (χ0v) is 9.36. The summed E-state index contributed by atoms with van der Waals surface area (Å²) in [6, 6.07) is 4.04. The monoisotopic (exact) mass is 217 g/mol. The van der Waals surface area contributed by atoms with Crippen LogP contribution in [0.25, 0.3) is 11.2 Å². The third-order valence-corrected chi connectivity index (χ3v) is 3.05. The third-order valence-electron chi connectivity index (χ3n) is 3.05. The summed E-state index contributed by atoms with van der Waals surface area (Å²) >= 11 is 0. The van der Waals surface area contributed by atoms with Crippen molar-refractivity contribution in [2.24, 2.45) is 0 Å². The number of pyridine rings is 1. The summed E-state index contributed by atoms with van der Waals surface area (Å²) in [7, 11) is 0. The Bertz CT molecular complexity index is 500. The molecule has 0 saturated carbocycles. The molecule has 2 aromatic rings. The molecule has 84 valence electrons. The van der Waals surface area contributed by atoms with Crippen LogP contribution < -0.4 is 0 Å². The van der Waals surface area contributed by atoms with E-state index in [1.165, 1.54) is 0 Å². The van der Waals surface area contributed by atoms with Crippen LogP contribution in [0.5, 0.6) is 0 Å². The van der Waals surface area contributed by atoms with E-state index in [1.54, 1.807) is 0 Å². The minimum Gasteiger partial charge on any atom is -0.381 e. The van der Waals surface area contributed by atoms with Gasteiger partial charge in [0, 0.05) is 18.2 Å². The van der Waals surface area contributed by atoms with Gasteiger partial charge in [-0.05, 0) is 31.9 Å². The lowest BCUT2D eigenvalue weighted by atomic mass is 10.0. The molecule has 3 heterocycles. The van der Waals surface area contributed by atoms with Gasteiger partial charge in [-0.1, -0.05) is 0 Å². The molecule has 2 aromatic heterocycles. The molecule has 1 N–H and O–H groups in total. The van der Waals surface area contributed by atoms with E-state index >= 15 is 0 Å². The van der Waals surface area contributed by atoms with Crippen molar-refractivity contribution in [3.8, 4) is 0 Å². The fraction of sp³-hybridized carbons (Fsp3) is 0.500. The Morgan fingerprint density at radius 3 is 3.12 bits per heavy atom. The van der Waals surface area contributed by atoms with Gasteiger partial charge < -0.3 is 9.72 Å². The van der Waals surface area contributed by atoms with Crippen LogP contribution in [-0.4, -0.2) is 28.2 Å². The molecule has 0 radical (unpaired) electrons. The summed E-state index contributed by atoms with van der Waals surface area (Å²) in [5.74, 6) is 1.43. The lowest BCUT2D eigenvalue weighted by molar-refractivity contribution is 0.0784. The predicted molar refractivity (Wildman–Crippen MR) is 61.4 cm³/mol. The first-order valence-corrected chi connectivity index (χ1v) is 5.74. The smallest absolute Gasteiger partial charge is 0.177 e. The maximum atomic E-state index is 5.48. The molecular weight excluding hydrogens is 202 g/mol. The summed E-state index contributed by atoms with van der Waals surface area (Å²) in [6.45, 7) is 3.64. The molecule has 0 aromatic carbocycles. The number of rotatable bonds is 1. The summed E-state index contributed by atoms with van der Waals surface area (Å²) in [4.78, 5) is 12.3. The highest BCUT2D eigenvalue weighted by Gasteiger charge is 2.19. The van der Waals surface area contributed by atoms with Gasteiger partial charge in [0.1, 0.15) is 5.82 Å². The van der Waals surface area contributed by atoms with Crippen LogP contribution in [0, 0.1) is 6.92 Å². The van der Waals surface area contributed by atoms with Crippen molar-refractivity contribution in [3.63, 3.8) is 0 Å². The van der Waals surface area contributed by atoms with E-state index in [4.69, 9.17) is 4.74 Å². The standard InChI is InChI=1S/C12H15N3O/c1-8-4-5-10-12(13-8)15-11(14-10)9-3-2-6-16-7-9/h4-5,9H,2-3,6-7H2,1H3,(H,13,14,15). The third kappa shape index (κ3) is 1.69. The van der Waals surface area contributed by atoms with Crippen molar-refractivity contribution >= 4 is 11.2 Å². The van der Waals surface area contributed by atoms with E-state index in [0.29, 0.717) is 5.92 Å². The topological polar surface area (TPSA) is 50.8 Å². The van der Waals surface area contributed by atoms with E-state index < -0.39 is 0 Å². The number of fused-ring (bicyclic) bond motifs is 1. The second-order valence-corrected chi connectivity index (χ2v) is 4.36. The quantitative estimate of drug-likeness (QED) is 0.796. The van der Waals surface area contributed by atoms with Gasteiger partial charge in [0.25, 0.3) is 0 Å². The van der Waals surface area contributed by atoms with Gasteiger partial charge in [-0.25, -0.2) is 9.97 Å². The van der Waals surface area contributed by atoms with E-state index in [1.807, 2.05) is 19.1 Å². The minimum absolute atomic E-state index is 0.406. The van der Waals surface area contributed by atoms with Crippen molar-refractivity contribution in [1.29, 1.82) is 0 Å². The Hall–Kier alpha value is -1.42. The van der Waals surface area contributed by atoms with Gasteiger partial charge in [-0.15, -0.1) is 0 Å². The number of aromatic nitrogens is 3. The predicted octanol–water partition coefficient (Wildman–Crippen LogP) is 2.16. The molecule has 3 rings (SSSR count). The number of aryl methyl sites for hydroxylation is 1. The van der Waals surface area contributed by atoms with E-state index in [9.17, 15) is 0 Å². The summed E-state index contributed by atoms with van der Waals surface area (Å²) < 4.78 is 5.48. The van der Waals surface area contributed by atoms with Crippen molar-refractivity contribution in [2.75, 3.05) is 13.2 Å². The second-order valence-electron chi connectivity index (χ2n) is 4.36. The molecule has 0 bridgehead atoms. The Balaban J connectivity index is 1.97. The van der Waals surface area contributed by atoms with Crippen molar-refractivity contribution in [3.05, 3.63) is 23.7 Å². The Morgan fingerprint density at radius 2 is 2.31 bits per heavy atom. The zero-order chi connectivity index (χ0) is 11.0. The summed E-state index contributed by atoms with van der Waals surface area (Å²) in [5, 5.41) is 0. The molecule has 4 heteroatoms. The fourth-order valence-corrected chi connectivity index (χ4v) is 2.16. The maximum Gasteiger partial charge on any atom is 0.177 e. The number of hydrogen-bond acceptors (Lipinski definition) is 3. The van der Waals surface area contributed by atoms with Crippen LogP contribution in [0.4, 0.5) is 0 Å². The fourth-order valence-electron chi connectivity index (χ4n) is 2.16. The van der Waals surface area contributed by atoms with Gasteiger partial charge in [-0.2, -0.15) is 0 Å². The first-order valence-electron chi connectivity index (χ1n) is 5.74. The van der Waals surface area contributed by atoms with Crippen molar-refractivity contribution < 1.29 is 4.74 Å². The first-order chi connectivity index (χ1) is 7.83. The number of nitrogens with one attached hydrogen (secondary N) is 1. The molecule has 1 fully saturated rings. The number of nitrogens with zero attached hydrogens (tertiary/aromatic N) is 2. The van der Waals surface area contributed by atoms with Crippen LogP contribution in [-0.2, 0) is 4.74 Å². The molecule has 1 aliphatic heterocycles. The molecule has 0 spiro atoms. The van der Waals surface area contributed by atoms with Crippen LogP contribution in [0.15, 0.2) is 12.1 Å². The molecular formula is C12H15N3O. The maximum absolute atomic E-state index is 5.48. The van der Waals surface area contributed by atoms with Crippen LogP contribution in [0.1, 0.15) is 30.3 Å². The molecule has 0 amide bonds. The van der Waals surface area contributed by atoms with Crippen molar-refractivity contribution in [1.82, 2.24) is 15.0 Å². The lowest BCUT2D eigenvalue weighted by Gasteiger charge is -2.19. The van der Waals surface area contributed by atoms with Crippen LogP contribution in [0.2, 0.25) is 0 Å². The molecule has 1 atom stereocenters. The Labute approximate surface area is 94.1 Å². The highest BCUT2D eigenvalue weighted by atomic mass is 16.5. The van der Waals surface area contributed by atoms with Crippen LogP contribution in [0.3, 0.4) is 0 Å². The molecule has 1 unspecified atom stereocenters. The average Bonchev–Trinajstić information content (AvgIpc) is 2.73. The molecule has 1 aliphatic rings. The highest BCUT2D eigenvalue weighted by molar-refractivity contribution is 5.70. The van der Waals surface area contributed by atoms with Crippen LogP contribution >= 0.6 is 0 Å². The number of ether oxygens (including phenoxy) is 1. The molecule has 1 saturated heterocycles. The van der Waals surface area contributed by atoms with Gasteiger partial charge in [0.2, 0.25) is 0 Å². The highest BCUT2D eigenvalue weighted by Crippen LogP contribution is 2.24. The lowest BCUT2D eigenvalue weighted by Crippen LogP contribution is -2.16. The minimum atomic E-state index is 0.406. The van der Waals surface area contributed by atoms with E-state index in [0.717, 1.165) is 48.7 Å². The van der Waals surface area contributed by atoms with Gasteiger partial charge in [0.15, 0.2) is 5.65 Å². The molecule has 16 heavy (non-hydrogen) atoms. The molecule has 0 aliphatic carbocycles. The number of imidazole rings is 1. The average molecular weight is 217 g/mol. The van der Waals surface area contributed by atoms with E-state index in [-0.39, 0.29) is 0 Å². The zero-order valence-electron chi connectivity index (χ0n) is 9.36. The van der Waals surface area contributed by atoms with Gasteiger partial charge >= 0.3 is 0 Å². The van der Waals surface area contributed by atoms with Gasteiger partial charge in [0.05, 0.1) is 12.1 Å². The van der Waals surface area contributed by atoms with Gasteiger partial charge in [-0.3, -0.25) is 0 Å². The number of aromatic amines is 1.